The molecular formula is C9H6Br2N2. The monoisotopic (exact) mass is 300 g/mol. The van der Waals surface area contributed by atoms with E-state index in [1.54, 1.807) is 6.20 Å². The Morgan fingerprint density at radius 1 is 1.15 bits per heavy atom. The van der Waals surface area contributed by atoms with Crippen LogP contribution in [0.2, 0.25) is 0 Å². The van der Waals surface area contributed by atoms with E-state index in [9.17, 15) is 0 Å². The number of nitrogens with two attached hydrogens (primary N) is 1. The molecule has 0 aliphatic carbocycles. The quantitative estimate of drug-likeness (QED) is 0.599. The van der Waals surface area contributed by atoms with Crippen molar-refractivity contribution in [3.05, 3.63) is 33.5 Å². The van der Waals surface area contributed by atoms with Gasteiger partial charge in [0.15, 0.2) is 0 Å². The molecule has 0 bridgehead atoms. The molecule has 2 rings (SSSR count). The number of nitrogen functional groups attached to an aromatic ring is 1. The topological polar surface area (TPSA) is 38.9 Å². The fourth-order valence-corrected chi connectivity index (χ4v) is 2.07. The first-order chi connectivity index (χ1) is 6.18. The molecule has 0 saturated carbocycles. The Hall–Kier alpha value is -0.610. The van der Waals surface area contributed by atoms with Crippen LogP contribution in [0.25, 0.3) is 10.8 Å². The number of pyridine rings is 1. The van der Waals surface area contributed by atoms with Crippen LogP contribution >= 0.6 is 31.9 Å². The number of halogens is 2. The van der Waals surface area contributed by atoms with Gasteiger partial charge < -0.3 is 5.73 Å². The molecule has 2 aromatic rings. The van der Waals surface area contributed by atoms with Crippen molar-refractivity contribution in [3.8, 4) is 0 Å². The molecule has 13 heavy (non-hydrogen) atoms. The maximum absolute atomic E-state index is 5.68. The SMILES string of the molecule is Nc1ccc2c(Br)cnc(Br)c2c1. The molecule has 66 valence electrons. The molecule has 0 amide bonds. The molecule has 1 aromatic carbocycles. The summed E-state index contributed by atoms with van der Waals surface area (Å²) < 4.78 is 1.80. The van der Waals surface area contributed by atoms with Crippen LogP contribution < -0.4 is 5.73 Å². The molecule has 2 N–H and O–H groups in total. The van der Waals surface area contributed by atoms with Crippen molar-refractivity contribution in [2.24, 2.45) is 0 Å². The van der Waals surface area contributed by atoms with Gasteiger partial charge in [0.05, 0.1) is 0 Å². The van der Waals surface area contributed by atoms with Gasteiger partial charge in [-0.25, -0.2) is 4.98 Å². The van der Waals surface area contributed by atoms with Gasteiger partial charge in [-0.15, -0.1) is 0 Å². The average Bonchev–Trinajstić information content (AvgIpc) is 2.12. The van der Waals surface area contributed by atoms with Gasteiger partial charge in [0.1, 0.15) is 4.60 Å². The molecule has 0 fully saturated rings. The number of benzene rings is 1. The van der Waals surface area contributed by atoms with Crippen LogP contribution in [0.1, 0.15) is 0 Å². The summed E-state index contributed by atoms with van der Waals surface area (Å²) in [5.74, 6) is 0. The first-order valence-electron chi connectivity index (χ1n) is 3.68. The predicted molar refractivity (Wildman–Crippen MR) is 61.6 cm³/mol. The molecule has 0 unspecified atom stereocenters. The fraction of sp³-hybridized carbons (Fsp3) is 0. The van der Waals surface area contributed by atoms with Gasteiger partial charge in [0.25, 0.3) is 0 Å². The summed E-state index contributed by atoms with van der Waals surface area (Å²) in [7, 11) is 0. The molecule has 0 radical (unpaired) electrons. The zero-order chi connectivity index (χ0) is 9.42. The standard InChI is InChI=1S/C9H6Br2N2/c10-8-4-13-9(11)7-3-5(12)1-2-6(7)8/h1-4H,12H2. The molecule has 0 aliphatic rings. The number of hydrogen-bond acceptors (Lipinski definition) is 2. The summed E-state index contributed by atoms with van der Waals surface area (Å²) in [6.07, 6.45) is 1.77. The lowest BCUT2D eigenvalue weighted by molar-refractivity contribution is 1.30. The molecule has 1 aromatic heterocycles. The largest absolute Gasteiger partial charge is 0.399 e. The van der Waals surface area contributed by atoms with Gasteiger partial charge in [-0.2, -0.15) is 0 Å². The number of hydrogen-bond donors (Lipinski definition) is 1. The van der Waals surface area contributed by atoms with Crippen molar-refractivity contribution in [1.29, 1.82) is 0 Å². The van der Waals surface area contributed by atoms with Crippen molar-refractivity contribution in [3.63, 3.8) is 0 Å². The second-order valence-electron chi connectivity index (χ2n) is 2.70. The van der Waals surface area contributed by atoms with E-state index in [0.717, 1.165) is 25.5 Å². The van der Waals surface area contributed by atoms with Crippen molar-refractivity contribution in [2.45, 2.75) is 0 Å². The summed E-state index contributed by atoms with van der Waals surface area (Å²) in [5, 5.41) is 2.13. The van der Waals surface area contributed by atoms with Crippen LogP contribution in [-0.4, -0.2) is 4.98 Å². The van der Waals surface area contributed by atoms with Gasteiger partial charge in [-0.05, 0) is 44.0 Å². The van der Waals surface area contributed by atoms with Crippen LogP contribution in [0.5, 0.6) is 0 Å². The lowest BCUT2D eigenvalue weighted by atomic mass is 10.2. The summed E-state index contributed by atoms with van der Waals surface area (Å²) in [5.41, 5.74) is 6.42. The van der Waals surface area contributed by atoms with E-state index in [-0.39, 0.29) is 0 Å². The van der Waals surface area contributed by atoms with Crippen molar-refractivity contribution in [2.75, 3.05) is 5.73 Å². The average molecular weight is 302 g/mol. The molecule has 0 saturated heterocycles. The minimum Gasteiger partial charge on any atom is -0.399 e. The molecule has 0 aliphatic heterocycles. The Bertz CT molecular complexity index is 468. The van der Waals surface area contributed by atoms with Gasteiger partial charge in [-0.1, -0.05) is 6.07 Å². The molecule has 0 spiro atoms. The van der Waals surface area contributed by atoms with Gasteiger partial charge in [-0.3, -0.25) is 0 Å². The van der Waals surface area contributed by atoms with Gasteiger partial charge >= 0.3 is 0 Å². The van der Waals surface area contributed by atoms with E-state index in [4.69, 9.17) is 5.73 Å². The smallest absolute Gasteiger partial charge is 0.114 e. The highest BCUT2D eigenvalue weighted by atomic mass is 79.9. The normalized spacial score (nSPS) is 10.6. The Labute approximate surface area is 92.4 Å². The van der Waals surface area contributed by atoms with E-state index in [1.807, 2.05) is 18.2 Å². The number of rotatable bonds is 0. The van der Waals surface area contributed by atoms with Crippen LogP contribution in [0.3, 0.4) is 0 Å². The van der Waals surface area contributed by atoms with Crippen LogP contribution in [-0.2, 0) is 0 Å². The third-order valence-electron chi connectivity index (χ3n) is 1.81. The number of aromatic nitrogens is 1. The highest BCUT2D eigenvalue weighted by Crippen LogP contribution is 2.29. The highest BCUT2D eigenvalue weighted by Gasteiger charge is 2.03. The van der Waals surface area contributed by atoms with Gasteiger partial charge in [0.2, 0.25) is 0 Å². The second kappa shape index (κ2) is 3.27. The Morgan fingerprint density at radius 3 is 2.69 bits per heavy atom. The molecular weight excluding hydrogens is 296 g/mol. The summed E-state index contributed by atoms with van der Waals surface area (Å²) in [6, 6.07) is 5.75. The van der Waals surface area contributed by atoms with E-state index in [0.29, 0.717) is 0 Å². The zero-order valence-electron chi connectivity index (χ0n) is 6.59. The fourth-order valence-electron chi connectivity index (χ4n) is 1.19. The van der Waals surface area contributed by atoms with E-state index < -0.39 is 0 Å². The third kappa shape index (κ3) is 1.56. The van der Waals surface area contributed by atoms with E-state index in [1.165, 1.54) is 0 Å². The minimum atomic E-state index is 0.744. The zero-order valence-corrected chi connectivity index (χ0v) is 9.76. The maximum atomic E-state index is 5.68. The highest BCUT2D eigenvalue weighted by molar-refractivity contribution is 9.11. The minimum absolute atomic E-state index is 0.744. The van der Waals surface area contributed by atoms with Crippen LogP contribution in [0, 0.1) is 0 Å². The van der Waals surface area contributed by atoms with Crippen molar-refractivity contribution >= 4 is 48.3 Å². The molecule has 2 nitrogen and oxygen atoms in total. The number of anilines is 1. The summed E-state index contributed by atoms with van der Waals surface area (Å²) in [4.78, 5) is 4.16. The molecule has 4 heteroatoms. The van der Waals surface area contributed by atoms with E-state index >= 15 is 0 Å². The molecule has 1 heterocycles. The predicted octanol–water partition coefficient (Wildman–Crippen LogP) is 3.34. The summed E-state index contributed by atoms with van der Waals surface area (Å²) in [6.45, 7) is 0. The van der Waals surface area contributed by atoms with Crippen molar-refractivity contribution < 1.29 is 0 Å². The number of nitrogens with zero attached hydrogens (tertiary/aromatic N) is 1. The Kier molecular flexibility index (Phi) is 2.26. The van der Waals surface area contributed by atoms with Crippen molar-refractivity contribution in [1.82, 2.24) is 4.98 Å². The Morgan fingerprint density at radius 2 is 1.92 bits per heavy atom. The van der Waals surface area contributed by atoms with Crippen LogP contribution in [0.4, 0.5) is 5.69 Å². The van der Waals surface area contributed by atoms with Gasteiger partial charge in [0, 0.05) is 27.1 Å². The Balaban J connectivity index is 2.92. The second-order valence-corrected chi connectivity index (χ2v) is 4.31. The number of fused-ring (bicyclic) bond motifs is 1. The summed E-state index contributed by atoms with van der Waals surface area (Å²) >= 11 is 6.81. The lowest BCUT2D eigenvalue weighted by Crippen LogP contribution is -1.86. The van der Waals surface area contributed by atoms with Crippen LogP contribution in [0.15, 0.2) is 33.5 Å². The third-order valence-corrected chi connectivity index (χ3v) is 3.08. The van der Waals surface area contributed by atoms with E-state index in [2.05, 4.69) is 36.8 Å². The maximum Gasteiger partial charge on any atom is 0.114 e. The molecule has 0 atom stereocenters. The first kappa shape index (κ1) is 8.97. The lowest BCUT2D eigenvalue weighted by Gasteiger charge is -2.02. The first-order valence-corrected chi connectivity index (χ1v) is 5.26.